The number of nitrogens with zero attached hydrogens (tertiary/aromatic N) is 3. The molecule has 0 radical (unpaired) electrons. The van der Waals surface area contributed by atoms with Crippen molar-refractivity contribution < 1.29 is 14.4 Å². The zero-order valence-electron chi connectivity index (χ0n) is 16.1. The van der Waals surface area contributed by atoms with E-state index in [1.165, 1.54) is 9.47 Å². The maximum atomic E-state index is 12.7. The van der Waals surface area contributed by atoms with Crippen molar-refractivity contribution >= 4 is 45.4 Å². The van der Waals surface area contributed by atoms with E-state index in [1.807, 2.05) is 6.07 Å². The van der Waals surface area contributed by atoms with Gasteiger partial charge in [-0.3, -0.25) is 28.6 Å². The molecule has 3 amide bonds. The van der Waals surface area contributed by atoms with Crippen molar-refractivity contribution in [1.29, 1.82) is 0 Å². The van der Waals surface area contributed by atoms with Crippen molar-refractivity contribution in [3.8, 4) is 0 Å². The SMILES string of the molecule is Cc1nc2ccccc2c(=O)n1CC(=O)Nc1ccc(CN2C(=O)CSC2=O)cc1. The monoisotopic (exact) mass is 422 g/mol. The van der Waals surface area contributed by atoms with Crippen LogP contribution >= 0.6 is 11.8 Å². The van der Waals surface area contributed by atoms with Gasteiger partial charge in [-0.1, -0.05) is 36.0 Å². The fourth-order valence-electron chi connectivity index (χ4n) is 3.22. The molecule has 2 heterocycles. The van der Waals surface area contributed by atoms with Crippen molar-refractivity contribution in [2.45, 2.75) is 20.0 Å². The van der Waals surface area contributed by atoms with Crippen LogP contribution in [-0.4, -0.2) is 37.3 Å². The molecule has 1 aliphatic rings. The van der Waals surface area contributed by atoms with Crippen LogP contribution in [0.3, 0.4) is 0 Å². The van der Waals surface area contributed by atoms with Crippen molar-refractivity contribution in [2.75, 3.05) is 11.1 Å². The van der Waals surface area contributed by atoms with Gasteiger partial charge in [0.15, 0.2) is 0 Å². The molecular weight excluding hydrogens is 404 g/mol. The molecule has 3 aromatic rings. The second-order valence-corrected chi connectivity index (χ2v) is 7.77. The van der Waals surface area contributed by atoms with Gasteiger partial charge in [0.2, 0.25) is 11.8 Å². The van der Waals surface area contributed by atoms with Gasteiger partial charge in [0.1, 0.15) is 12.4 Å². The minimum atomic E-state index is -0.355. The molecule has 30 heavy (non-hydrogen) atoms. The van der Waals surface area contributed by atoms with Gasteiger partial charge in [0.25, 0.3) is 10.8 Å². The van der Waals surface area contributed by atoms with Crippen LogP contribution in [0.1, 0.15) is 11.4 Å². The van der Waals surface area contributed by atoms with Gasteiger partial charge < -0.3 is 5.32 Å². The number of nitrogens with one attached hydrogen (secondary N) is 1. The maximum Gasteiger partial charge on any atom is 0.289 e. The molecule has 0 bridgehead atoms. The molecule has 4 rings (SSSR count). The van der Waals surface area contributed by atoms with Crippen LogP contribution in [0, 0.1) is 6.92 Å². The predicted octanol–water partition coefficient (Wildman–Crippen LogP) is 2.54. The highest BCUT2D eigenvalue weighted by Gasteiger charge is 2.29. The third-order valence-electron chi connectivity index (χ3n) is 4.77. The number of benzene rings is 2. The van der Waals surface area contributed by atoms with E-state index in [0.29, 0.717) is 22.4 Å². The first-order valence-corrected chi connectivity index (χ1v) is 10.2. The first-order valence-electron chi connectivity index (χ1n) is 9.24. The lowest BCUT2D eigenvalue weighted by atomic mass is 10.2. The number of amides is 3. The number of thioether (sulfide) groups is 1. The number of imide groups is 1. The molecule has 8 nitrogen and oxygen atoms in total. The zero-order chi connectivity index (χ0) is 21.3. The fourth-order valence-corrected chi connectivity index (χ4v) is 3.94. The lowest BCUT2D eigenvalue weighted by molar-refractivity contribution is -0.125. The Kier molecular flexibility index (Phi) is 5.37. The normalized spacial score (nSPS) is 13.8. The summed E-state index contributed by atoms with van der Waals surface area (Å²) in [6.07, 6.45) is 0. The van der Waals surface area contributed by atoms with E-state index in [4.69, 9.17) is 0 Å². The highest BCUT2D eigenvalue weighted by Crippen LogP contribution is 2.22. The Hall–Kier alpha value is -3.46. The van der Waals surface area contributed by atoms with E-state index < -0.39 is 0 Å². The third-order valence-corrected chi connectivity index (χ3v) is 5.63. The first-order chi connectivity index (χ1) is 14.4. The molecule has 1 saturated heterocycles. The van der Waals surface area contributed by atoms with Gasteiger partial charge in [-0.25, -0.2) is 4.98 Å². The van der Waals surface area contributed by atoms with Crippen LogP contribution in [0.2, 0.25) is 0 Å². The summed E-state index contributed by atoms with van der Waals surface area (Å²) >= 11 is 0.995. The third kappa shape index (κ3) is 3.97. The average Bonchev–Trinajstić information content (AvgIpc) is 3.04. The molecule has 1 aliphatic heterocycles. The molecule has 0 saturated carbocycles. The molecule has 0 atom stereocenters. The van der Waals surface area contributed by atoms with Crippen molar-refractivity contribution in [1.82, 2.24) is 14.5 Å². The van der Waals surface area contributed by atoms with Crippen LogP contribution in [0.25, 0.3) is 10.9 Å². The minimum absolute atomic E-state index is 0.155. The molecule has 2 aromatic carbocycles. The Morgan fingerprint density at radius 2 is 1.83 bits per heavy atom. The van der Waals surface area contributed by atoms with Crippen LogP contribution in [0.4, 0.5) is 10.5 Å². The summed E-state index contributed by atoms with van der Waals surface area (Å²) in [7, 11) is 0. The molecule has 1 N–H and O–H groups in total. The second kappa shape index (κ2) is 8.11. The van der Waals surface area contributed by atoms with Gasteiger partial charge in [-0.15, -0.1) is 0 Å². The number of anilines is 1. The summed E-state index contributed by atoms with van der Waals surface area (Å²) in [6, 6.07) is 13.9. The van der Waals surface area contributed by atoms with Crippen LogP contribution in [0.15, 0.2) is 53.3 Å². The summed E-state index contributed by atoms with van der Waals surface area (Å²) in [5.41, 5.74) is 1.67. The number of carbonyl (C=O) groups is 3. The minimum Gasteiger partial charge on any atom is -0.325 e. The molecule has 0 unspecified atom stereocenters. The summed E-state index contributed by atoms with van der Waals surface area (Å²) in [5, 5.41) is 2.97. The van der Waals surface area contributed by atoms with Crippen LogP contribution in [-0.2, 0) is 22.7 Å². The number of hydrogen-bond donors (Lipinski definition) is 1. The molecule has 9 heteroatoms. The number of aromatic nitrogens is 2. The Balaban J connectivity index is 1.45. The van der Waals surface area contributed by atoms with E-state index in [2.05, 4.69) is 10.3 Å². The lowest BCUT2D eigenvalue weighted by Crippen LogP contribution is -2.30. The standard InChI is InChI=1S/C21H18N4O4S/c1-13-22-17-5-3-2-4-16(17)20(28)24(13)11-18(26)23-15-8-6-14(7-9-15)10-25-19(27)12-30-21(25)29/h2-9H,10-12H2,1H3,(H,23,26). The molecule has 1 aromatic heterocycles. The summed E-state index contributed by atoms with van der Waals surface area (Å²) < 4.78 is 1.34. The highest BCUT2D eigenvalue weighted by molar-refractivity contribution is 8.14. The average molecular weight is 422 g/mol. The Morgan fingerprint density at radius 3 is 2.53 bits per heavy atom. The van der Waals surface area contributed by atoms with E-state index >= 15 is 0 Å². The molecule has 1 fully saturated rings. The summed E-state index contributed by atoms with van der Waals surface area (Å²) in [4.78, 5) is 54.1. The Labute approximate surface area is 175 Å². The number of rotatable bonds is 5. The van der Waals surface area contributed by atoms with E-state index in [1.54, 1.807) is 49.4 Å². The maximum absolute atomic E-state index is 12.7. The van der Waals surface area contributed by atoms with Gasteiger partial charge in [0.05, 0.1) is 23.2 Å². The smallest absolute Gasteiger partial charge is 0.289 e. The van der Waals surface area contributed by atoms with Crippen molar-refractivity contribution in [2.24, 2.45) is 0 Å². The van der Waals surface area contributed by atoms with Gasteiger partial charge in [-0.2, -0.15) is 0 Å². The number of hydrogen-bond acceptors (Lipinski definition) is 6. The van der Waals surface area contributed by atoms with Crippen LogP contribution < -0.4 is 10.9 Å². The van der Waals surface area contributed by atoms with Gasteiger partial charge in [0, 0.05) is 5.69 Å². The molecule has 0 spiro atoms. The number of aryl methyl sites for hydroxylation is 1. The summed E-state index contributed by atoms with van der Waals surface area (Å²) in [5.74, 6) is 0.0793. The lowest BCUT2D eigenvalue weighted by Gasteiger charge is -2.14. The first kappa shape index (κ1) is 19.8. The number of fused-ring (bicyclic) bond motifs is 1. The largest absolute Gasteiger partial charge is 0.325 e. The van der Waals surface area contributed by atoms with Crippen molar-refractivity contribution in [3.05, 3.63) is 70.3 Å². The highest BCUT2D eigenvalue weighted by atomic mass is 32.2. The molecule has 152 valence electrons. The van der Waals surface area contributed by atoms with E-state index in [0.717, 1.165) is 17.3 Å². The molecule has 0 aliphatic carbocycles. The van der Waals surface area contributed by atoms with E-state index in [-0.39, 0.29) is 41.5 Å². The quantitative estimate of drug-likeness (QED) is 0.678. The zero-order valence-corrected chi connectivity index (χ0v) is 16.9. The van der Waals surface area contributed by atoms with E-state index in [9.17, 15) is 19.2 Å². The van der Waals surface area contributed by atoms with Gasteiger partial charge >= 0.3 is 0 Å². The number of para-hydroxylation sites is 1. The molecular formula is C21H18N4O4S. The Bertz CT molecular complexity index is 1200. The predicted molar refractivity (Wildman–Crippen MR) is 114 cm³/mol. The second-order valence-electron chi connectivity index (χ2n) is 6.85. The number of carbonyl (C=O) groups excluding carboxylic acids is 3. The van der Waals surface area contributed by atoms with Crippen molar-refractivity contribution in [3.63, 3.8) is 0 Å². The topological polar surface area (TPSA) is 101 Å². The van der Waals surface area contributed by atoms with Gasteiger partial charge in [-0.05, 0) is 36.8 Å². The fraction of sp³-hybridized carbons (Fsp3) is 0.190. The summed E-state index contributed by atoms with van der Waals surface area (Å²) in [6.45, 7) is 1.74. The Morgan fingerprint density at radius 1 is 1.10 bits per heavy atom. The van der Waals surface area contributed by atoms with Crippen LogP contribution in [0.5, 0.6) is 0 Å².